The van der Waals surface area contributed by atoms with Crippen LogP contribution in [0, 0.1) is 6.92 Å². The van der Waals surface area contributed by atoms with Crippen LogP contribution in [0.25, 0.3) is 5.57 Å². The van der Waals surface area contributed by atoms with Crippen LogP contribution in [0.5, 0.6) is 0 Å². The van der Waals surface area contributed by atoms with Gasteiger partial charge in [0.2, 0.25) is 5.78 Å². The smallest absolute Gasteiger partial charge is 0.340 e. The topological polar surface area (TPSA) is 171 Å². The van der Waals surface area contributed by atoms with E-state index in [1.807, 2.05) is 6.92 Å². The van der Waals surface area contributed by atoms with Gasteiger partial charge >= 0.3 is 23.9 Å². The van der Waals surface area contributed by atoms with E-state index in [2.05, 4.69) is 23.1 Å². The number of hydrogen-bond donors (Lipinski definition) is 2. The van der Waals surface area contributed by atoms with Gasteiger partial charge in [0.1, 0.15) is 32.2 Å². The van der Waals surface area contributed by atoms with Crippen LogP contribution in [0.3, 0.4) is 0 Å². The van der Waals surface area contributed by atoms with Crippen molar-refractivity contribution in [2.24, 2.45) is 4.99 Å². The molecule has 2 aliphatic rings. The van der Waals surface area contributed by atoms with Crippen LogP contribution >= 0.6 is 0 Å². The number of carbonyl (C=O) groups excluding carboxylic acids is 5. The molecule has 2 N–H and O–H groups in total. The number of rotatable bonds is 13. The van der Waals surface area contributed by atoms with Crippen LogP contribution in [-0.4, -0.2) is 71.9 Å². The lowest BCUT2D eigenvalue weighted by Gasteiger charge is -2.22. The molecule has 1 aromatic heterocycles. The molecular formula is C32H36N2O10. The molecule has 1 aromatic rings. The van der Waals surface area contributed by atoms with Crippen LogP contribution in [0.1, 0.15) is 68.3 Å². The molecule has 0 spiro atoms. The molecule has 0 saturated heterocycles. The quantitative estimate of drug-likeness (QED) is 0.144. The number of aliphatic hydroxyl groups is 1. The molecule has 0 unspecified atom stereocenters. The largest absolute Gasteiger partial charge is 0.506 e. The third kappa shape index (κ3) is 6.64. The monoisotopic (exact) mass is 608 g/mol. The van der Waals surface area contributed by atoms with Crippen LogP contribution in [0.2, 0.25) is 0 Å². The third-order valence-corrected chi connectivity index (χ3v) is 6.90. The SMILES string of the molecule is C=C(C)C(=O)OCCOC(=O)C1=C(C)/C(=C2/C(=O)C(c3[nH]c(CC)c(C(=O)OCCOC(=O)C(=C)C)c3C)=C2O)N=C1CC. The van der Waals surface area contributed by atoms with Crippen LogP contribution in [0.4, 0.5) is 0 Å². The van der Waals surface area contributed by atoms with Gasteiger partial charge in [-0.1, -0.05) is 27.0 Å². The maximum atomic E-state index is 13.4. The van der Waals surface area contributed by atoms with Gasteiger partial charge in [-0.2, -0.15) is 0 Å². The van der Waals surface area contributed by atoms with Gasteiger partial charge in [-0.05, 0) is 51.7 Å². The van der Waals surface area contributed by atoms with E-state index in [1.54, 1.807) is 20.8 Å². The number of H-pyrrole nitrogens is 1. The Bertz CT molecular complexity index is 1600. The molecule has 44 heavy (non-hydrogen) atoms. The number of aryl methyl sites for hydroxylation is 1. The molecule has 0 amide bonds. The number of hydrogen-bond acceptors (Lipinski definition) is 11. The summed E-state index contributed by atoms with van der Waals surface area (Å²) in [7, 11) is 0. The van der Waals surface area contributed by atoms with E-state index in [0.717, 1.165) is 0 Å². The highest BCUT2D eigenvalue weighted by Gasteiger charge is 2.42. The lowest BCUT2D eigenvalue weighted by Crippen LogP contribution is -2.24. The van der Waals surface area contributed by atoms with Crippen LogP contribution in [-0.2, 0) is 44.5 Å². The van der Waals surface area contributed by atoms with E-state index in [0.29, 0.717) is 35.4 Å². The molecule has 0 fully saturated rings. The van der Waals surface area contributed by atoms with Gasteiger partial charge < -0.3 is 29.0 Å². The second kappa shape index (κ2) is 14.0. The highest BCUT2D eigenvalue weighted by molar-refractivity contribution is 6.40. The van der Waals surface area contributed by atoms with Gasteiger partial charge in [-0.15, -0.1) is 0 Å². The summed E-state index contributed by atoms with van der Waals surface area (Å²) in [6.07, 6.45) is 0.748. The lowest BCUT2D eigenvalue weighted by atomic mass is 9.82. The van der Waals surface area contributed by atoms with Crippen molar-refractivity contribution in [2.75, 3.05) is 26.4 Å². The first kappa shape index (κ1) is 33.5. The van der Waals surface area contributed by atoms with Gasteiger partial charge in [-0.3, -0.25) is 9.79 Å². The second-order valence-electron chi connectivity index (χ2n) is 10.1. The minimum atomic E-state index is -0.703. The zero-order valence-corrected chi connectivity index (χ0v) is 25.7. The molecule has 0 aromatic carbocycles. The molecule has 0 saturated carbocycles. The highest BCUT2D eigenvalue weighted by Crippen LogP contribution is 2.43. The van der Waals surface area contributed by atoms with Crippen LogP contribution < -0.4 is 0 Å². The standard InChI is InChI=1S/C32H36N2O10/c1-9-19-21(31(39)43-13-11-41-29(37)15(3)4)17(7)25(33-19)23-27(35)24(28(23)36)26-18(8)22(20(10-2)34-26)32(40)44-14-12-42-30(38)16(5)6/h33,35H,3,5,9-14H2,1-2,4,6-8H3/b26-24-. The van der Waals surface area contributed by atoms with Crippen molar-refractivity contribution in [1.29, 1.82) is 0 Å². The lowest BCUT2D eigenvalue weighted by molar-refractivity contribution is -0.147. The third-order valence-electron chi connectivity index (χ3n) is 6.90. The number of nitrogens with one attached hydrogen (secondary N) is 1. The fourth-order valence-corrected chi connectivity index (χ4v) is 4.61. The van der Waals surface area contributed by atoms with Crippen molar-refractivity contribution in [3.8, 4) is 0 Å². The Morgan fingerprint density at radius 1 is 0.818 bits per heavy atom. The first-order chi connectivity index (χ1) is 20.8. The summed E-state index contributed by atoms with van der Waals surface area (Å²) in [4.78, 5) is 69.8. The molecule has 1 aliphatic heterocycles. The molecule has 2 heterocycles. The molecular weight excluding hydrogens is 572 g/mol. The molecule has 3 rings (SSSR count). The average molecular weight is 609 g/mol. The predicted octanol–water partition coefficient (Wildman–Crippen LogP) is 4.11. The van der Waals surface area contributed by atoms with Crippen molar-refractivity contribution in [3.05, 3.63) is 75.0 Å². The fraction of sp³-hybridized carbons (Fsp3) is 0.375. The molecule has 12 nitrogen and oxygen atoms in total. The van der Waals surface area contributed by atoms with Crippen molar-refractivity contribution in [2.45, 2.75) is 54.4 Å². The van der Waals surface area contributed by atoms with E-state index in [4.69, 9.17) is 18.9 Å². The summed E-state index contributed by atoms with van der Waals surface area (Å²) < 4.78 is 20.4. The summed E-state index contributed by atoms with van der Waals surface area (Å²) in [5, 5.41) is 11.1. The van der Waals surface area contributed by atoms with Crippen molar-refractivity contribution in [3.63, 3.8) is 0 Å². The normalized spacial score (nSPS) is 16.0. The zero-order chi connectivity index (χ0) is 32.9. The van der Waals surface area contributed by atoms with Crippen molar-refractivity contribution in [1.82, 2.24) is 4.98 Å². The first-order valence-corrected chi connectivity index (χ1v) is 14.0. The van der Waals surface area contributed by atoms with Gasteiger partial charge in [-0.25, -0.2) is 19.2 Å². The summed E-state index contributed by atoms with van der Waals surface area (Å²) in [5.41, 5.74) is 2.78. The number of carbonyl (C=O) groups is 5. The molecule has 0 bridgehead atoms. The fourth-order valence-electron chi connectivity index (χ4n) is 4.61. The molecule has 234 valence electrons. The number of allylic oxidation sites excluding steroid dienone is 3. The zero-order valence-electron chi connectivity index (χ0n) is 25.7. The van der Waals surface area contributed by atoms with Crippen molar-refractivity contribution >= 4 is 40.9 Å². The molecule has 1 aliphatic carbocycles. The predicted molar refractivity (Wildman–Crippen MR) is 160 cm³/mol. The Kier molecular flexibility index (Phi) is 10.6. The number of aliphatic imine (C=N–C) groups is 1. The Balaban J connectivity index is 1.85. The van der Waals surface area contributed by atoms with Gasteiger partial charge in [0.25, 0.3) is 0 Å². The summed E-state index contributed by atoms with van der Waals surface area (Å²) >= 11 is 0. The van der Waals surface area contributed by atoms with E-state index in [-0.39, 0.29) is 77.0 Å². The number of aromatic amines is 1. The van der Waals surface area contributed by atoms with E-state index >= 15 is 0 Å². The van der Waals surface area contributed by atoms with Gasteiger partial charge in [0.15, 0.2) is 0 Å². The maximum Gasteiger partial charge on any atom is 0.340 e. The summed E-state index contributed by atoms with van der Waals surface area (Å²) in [6.45, 7) is 16.1. The number of esters is 4. The summed E-state index contributed by atoms with van der Waals surface area (Å²) in [5.74, 6) is -3.43. The number of ether oxygens (including phenoxy) is 4. The van der Waals surface area contributed by atoms with Gasteiger partial charge in [0, 0.05) is 16.8 Å². The van der Waals surface area contributed by atoms with E-state index in [9.17, 15) is 29.1 Å². The van der Waals surface area contributed by atoms with E-state index in [1.165, 1.54) is 13.8 Å². The maximum absolute atomic E-state index is 13.4. The van der Waals surface area contributed by atoms with Crippen LogP contribution in [0.15, 0.2) is 57.5 Å². The number of nitrogens with zero attached hydrogens (tertiary/aromatic N) is 1. The molecule has 0 radical (unpaired) electrons. The molecule has 0 atom stereocenters. The van der Waals surface area contributed by atoms with E-state index < -0.39 is 29.7 Å². The van der Waals surface area contributed by atoms with Crippen molar-refractivity contribution < 1.29 is 48.0 Å². The van der Waals surface area contributed by atoms with Gasteiger partial charge in [0.05, 0.1) is 39.4 Å². The highest BCUT2D eigenvalue weighted by atomic mass is 16.6. The Labute approximate surface area is 254 Å². The minimum absolute atomic E-state index is 0.0226. The second-order valence-corrected chi connectivity index (χ2v) is 10.1. The number of Topliss-reactive ketones (excluding diaryl/α,β-unsaturated/α-hetero) is 1. The average Bonchev–Trinajstić information content (AvgIpc) is 3.48. The Morgan fingerprint density at radius 2 is 1.34 bits per heavy atom. The number of aromatic nitrogens is 1. The number of aliphatic hydroxyl groups excluding tert-OH is 1. The Morgan fingerprint density at radius 3 is 1.82 bits per heavy atom. The minimum Gasteiger partial charge on any atom is -0.506 e. The first-order valence-electron chi connectivity index (χ1n) is 14.0. The molecule has 12 heteroatoms. The number of ketones is 1. The summed E-state index contributed by atoms with van der Waals surface area (Å²) in [6, 6.07) is 0. The Hall–Kier alpha value is -5.00.